The van der Waals surface area contributed by atoms with Gasteiger partial charge in [-0.25, -0.2) is 0 Å². The molecule has 1 aromatic heterocycles. The summed E-state index contributed by atoms with van der Waals surface area (Å²) in [5.74, 6) is 0. The molecule has 0 bridgehead atoms. The highest BCUT2D eigenvalue weighted by molar-refractivity contribution is 5.84. The van der Waals surface area contributed by atoms with Crippen LogP contribution in [0.1, 0.15) is 51.3 Å². The molecule has 2 nitrogen and oxygen atoms in total. The topological polar surface area (TPSA) is 24.9 Å². The standard InChI is InChI=1S/C17H24N2/c1-3-5-6-11-16(18-4-2)17-15-10-8-7-9-14(15)12-13-19-17/h7-10,12-13,16,18H,3-6,11H2,1-2H3. The summed E-state index contributed by atoms with van der Waals surface area (Å²) in [6.45, 7) is 5.40. The zero-order valence-electron chi connectivity index (χ0n) is 12.0. The predicted molar refractivity (Wildman–Crippen MR) is 82.3 cm³/mol. The van der Waals surface area contributed by atoms with Crippen LogP contribution in [-0.2, 0) is 0 Å². The highest BCUT2D eigenvalue weighted by Gasteiger charge is 2.14. The van der Waals surface area contributed by atoms with Crippen LogP contribution in [-0.4, -0.2) is 11.5 Å². The molecule has 1 aromatic carbocycles. The van der Waals surface area contributed by atoms with Crippen molar-refractivity contribution in [2.75, 3.05) is 6.54 Å². The molecule has 0 aliphatic heterocycles. The van der Waals surface area contributed by atoms with Crippen molar-refractivity contribution < 1.29 is 0 Å². The Bertz CT molecular complexity index is 502. The van der Waals surface area contributed by atoms with Crippen molar-refractivity contribution in [2.45, 2.75) is 45.6 Å². The summed E-state index contributed by atoms with van der Waals surface area (Å²) >= 11 is 0. The van der Waals surface area contributed by atoms with E-state index >= 15 is 0 Å². The lowest BCUT2D eigenvalue weighted by Gasteiger charge is -2.19. The average molecular weight is 256 g/mol. The minimum atomic E-state index is 0.377. The molecule has 0 amide bonds. The van der Waals surface area contributed by atoms with E-state index in [2.05, 4.69) is 54.5 Å². The molecule has 0 radical (unpaired) electrons. The largest absolute Gasteiger partial charge is 0.309 e. The normalized spacial score (nSPS) is 12.7. The molecule has 0 aliphatic rings. The number of hydrogen-bond acceptors (Lipinski definition) is 2. The van der Waals surface area contributed by atoms with Crippen LogP contribution in [0.15, 0.2) is 36.5 Å². The van der Waals surface area contributed by atoms with Crippen LogP contribution in [0.3, 0.4) is 0 Å². The molecule has 0 spiro atoms. The Morgan fingerprint density at radius 1 is 1.11 bits per heavy atom. The van der Waals surface area contributed by atoms with Gasteiger partial charge in [-0.3, -0.25) is 4.98 Å². The lowest BCUT2D eigenvalue weighted by atomic mass is 10.00. The zero-order chi connectivity index (χ0) is 13.5. The summed E-state index contributed by atoms with van der Waals surface area (Å²) in [6, 6.07) is 11.0. The fraction of sp³-hybridized carbons (Fsp3) is 0.471. The number of pyridine rings is 1. The molecule has 0 fully saturated rings. The SMILES string of the molecule is CCCCCC(NCC)c1nccc2ccccc12. The molecule has 102 valence electrons. The Hall–Kier alpha value is -1.41. The van der Waals surface area contributed by atoms with E-state index in [4.69, 9.17) is 0 Å². The molecule has 0 aliphatic carbocycles. The number of benzene rings is 1. The van der Waals surface area contributed by atoms with E-state index in [9.17, 15) is 0 Å². The molecule has 0 saturated carbocycles. The van der Waals surface area contributed by atoms with E-state index in [-0.39, 0.29) is 0 Å². The number of aromatic nitrogens is 1. The van der Waals surface area contributed by atoms with E-state index in [0.717, 1.165) is 6.54 Å². The van der Waals surface area contributed by atoms with Gasteiger partial charge in [-0.2, -0.15) is 0 Å². The maximum atomic E-state index is 4.64. The third kappa shape index (κ3) is 3.54. The van der Waals surface area contributed by atoms with Crippen LogP contribution in [0.25, 0.3) is 10.8 Å². The highest BCUT2D eigenvalue weighted by atomic mass is 14.9. The maximum Gasteiger partial charge on any atom is 0.0651 e. The van der Waals surface area contributed by atoms with Gasteiger partial charge in [0.2, 0.25) is 0 Å². The van der Waals surface area contributed by atoms with Gasteiger partial charge in [-0.15, -0.1) is 0 Å². The van der Waals surface area contributed by atoms with Gasteiger partial charge >= 0.3 is 0 Å². The number of rotatable bonds is 7. The van der Waals surface area contributed by atoms with Crippen molar-refractivity contribution in [1.29, 1.82) is 0 Å². The Labute approximate surface area is 116 Å². The Morgan fingerprint density at radius 2 is 1.95 bits per heavy atom. The number of nitrogens with one attached hydrogen (secondary N) is 1. The minimum Gasteiger partial charge on any atom is -0.309 e. The van der Waals surface area contributed by atoms with E-state index in [1.54, 1.807) is 0 Å². The van der Waals surface area contributed by atoms with Crippen LogP contribution < -0.4 is 5.32 Å². The monoisotopic (exact) mass is 256 g/mol. The van der Waals surface area contributed by atoms with E-state index in [0.29, 0.717) is 6.04 Å². The molecule has 1 unspecified atom stereocenters. The van der Waals surface area contributed by atoms with E-state index in [1.807, 2.05) is 6.20 Å². The summed E-state index contributed by atoms with van der Waals surface area (Å²) in [6.07, 6.45) is 6.93. The smallest absolute Gasteiger partial charge is 0.0651 e. The first-order valence-corrected chi connectivity index (χ1v) is 7.43. The fourth-order valence-electron chi connectivity index (χ4n) is 2.60. The van der Waals surface area contributed by atoms with Crippen molar-refractivity contribution in [3.63, 3.8) is 0 Å². The summed E-state index contributed by atoms with van der Waals surface area (Å²) in [5, 5.41) is 6.16. The third-order valence-corrected chi connectivity index (χ3v) is 3.58. The third-order valence-electron chi connectivity index (χ3n) is 3.58. The van der Waals surface area contributed by atoms with Crippen molar-refractivity contribution in [3.05, 3.63) is 42.2 Å². The number of nitrogens with zero attached hydrogens (tertiary/aromatic N) is 1. The predicted octanol–water partition coefficient (Wildman–Crippen LogP) is 4.47. The first-order valence-electron chi connectivity index (χ1n) is 7.43. The van der Waals surface area contributed by atoms with Gasteiger partial charge in [-0.05, 0) is 24.4 Å². The van der Waals surface area contributed by atoms with Gasteiger partial charge < -0.3 is 5.32 Å². The van der Waals surface area contributed by atoms with Gasteiger partial charge in [0, 0.05) is 11.6 Å². The number of hydrogen-bond donors (Lipinski definition) is 1. The van der Waals surface area contributed by atoms with Crippen LogP contribution >= 0.6 is 0 Å². The molecule has 2 aromatic rings. The fourth-order valence-corrected chi connectivity index (χ4v) is 2.60. The first-order chi connectivity index (χ1) is 9.36. The Kier molecular flexibility index (Phi) is 5.34. The molecule has 0 saturated heterocycles. The average Bonchev–Trinajstić information content (AvgIpc) is 2.46. The summed E-state index contributed by atoms with van der Waals surface area (Å²) in [5.41, 5.74) is 1.20. The van der Waals surface area contributed by atoms with Crippen molar-refractivity contribution >= 4 is 10.8 Å². The summed E-state index contributed by atoms with van der Waals surface area (Å²) < 4.78 is 0. The summed E-state index contributed by atoms with van der Waals surface area (Å²) in [7, 11) is 0. The first kappa shape index (κ1) is 14.0. The quantitative estimate of drug-likeness (QED) is 0.739. The van der Waals surface area contributed by atoms with Crippen LogP contribution in [0.4, 0.5) is 0 Å². The second kappa shape index (κ2) is 7.25. The molecule has 1 N–H and O–H groups in total. The van der Waals surface area contributed by atoms with Gasteiger partial charge in [-0.1, -0.05) is 57.4 Å². The van der Waals surface area contributed by atoms with Crippen LogP contribution in [0.5, 0.6) is 0 Å². The second-order valence-electron chi connectivity index (χ2n) is 5.02. The molecule has 2 heteroatoms. The van der Waals surface area contributed by atoms with Crippen LogP contribution in [0, 0.1) is 0 Å². The maximum absolute atomic E-state index is 4.64. The van der Waals surface area contributed by atoms with E-state index < -0.39 is 0 Å². The molecule has 19 heavy (non-hydrogen) atoms. The van der Waals surface area contributed by atoms with Gasteiger partial charge in [0.1, 0.15) is 0 Å². The number of unbranched alkanes of at least 4 members (excludes halogenated alkanes) is 2. The number of fused-ring (bicyclic) bond motifs is 1. The molecule has 1 atom stereocenters. The minimum absolute atomic E-state index is 0.377. The van der Waals surface area contributed by atoms with Crippen LogP contribution in [0.2, 0.25) is 0 Å². The molecular formula is C17H24N2. The van der Waals surface area contributed by atoms with Crippen molar-refractivity contribution in [2.24, 2.45) is 0 Å². The van der Waals surface area contributed by atoms with Gasteiger partial charge in [0.05, 0.1) is 11.7 Å². The van der Waals surface area contributed by atoms with E-state index in [1.165, 1.54) is 42.1 Å². The molecule has 2 rings (SSSR count). The second-order valence-corrected chi connectivity index (χ2v) is 5.02. The zero-order valence-corrected chi connectivity index (χ0v) is 12.0. The van der Waals surface area contributed by atoms with Crippen molar-refractivity contribution in [3.8, 4) is 0 Å². The van der Waals surface area contributed by atoms with Crippen molar-refractivity contribution in [1.82, 2.24) is 10.3 Å². The Morgan fingerprint density at radius 3 is 2.74 bits per heavy atom. The molecule has 1 heterocycles. The Balaban J connectivity index is 2.27. The van der Waals surface area contributed by atoms with Gasteiger partial charge in [0.15, 0.2) is 0 Å². The highest BCUT2D eigenvalue weighted by Crippen LogP contribution is 2.25. The lowest BCUT2D eigenvalue weighted by molar-refractivity contribution is 0.480. The van der Waals surface area contributed by atoms with Gasteiger partial charge in [0.25, 0.3) is 0 Å². The lowest BCUT2D eigenvalue weighted by Crippen LogP contribution is -2.22. The summed E-state index contributed by atoms with van der Waals surface area (Å²) in [4.78, 5) is 4.64. The molecular weight excluding hydrogens is 232 g/mol.